The van der Waals surface area contributed by atoms with Gasteiger partial charge in [-0.05, 0) is 48.8 Å². The van der Waals surface area contributed by atoms with E-state index < -0.39 is 11.0 Å². The first-order valence-electron chi connectivity index (χ1n) is 8.13. The molecule has 3 atom stereocenters. The van der Waals surface area contributed by atoms with E-state index >= 15 is 0 Å². The molecule has 0 aromatic heterocycles. The molecule has 1 nitrogen and oxygen atoms in total. The summed E-state index contributed by atoms with van der Waals surface area (Å²) in [4.78, 5) is 0. The molecule has 4 rings (SSSR count). The smallest absolute Gasteiger partial charge is 0.106 e. The van der Waals surface area contributed by atoms with E-state index in [0.717, 1.165) is 30.4 Å². The highest BCUT2D eigenvalue weighted by Gasteiger charge is 2.61. The zero-order valence-corrected chi connectivity index (χ0v) is 13.0. The van der Waals surface area contributed by atoms with Crippen molar-refractivity contribution < 1.29 is 5.11 Å². The summed E-state index contributed by atoms with van der Waals surface area (Å²) in [7, 11) is 0. The van der Waals surface area contributed by atoms with Crippen LogP contribution in [0.1, 0.15) is 36.5 Å². The fourth-order valence-electron chi connectivity index (χ4n) is 4.76. The minimum Gasteiger partial charge on any atom is -0.384 e. The fraction of sp³-hybridized carbons (Fsp3) is 0.333. The first-order chi connectivity index (χ1) is 10.6. The highest BCUT2D eigenvalue weighted by Crippen LogP contribution is 2.62. The third-order valence-corrected chi connectivity index (χ3v) is 6.09. The maximum Gasteiger partial charge on any atom is 0.106 e. The van der Waals surface area contributed by atoms with Gasteiger partial charge in [0.2, 0.25) is 0 Å². The van der Waals surface area contributed by atoms with Gasteiger partial charge in [0.25, 0.3) is 0 Å². The highest BCUT2D eigenvalue weighted by molar-refractivity contribution is 5.51. The first kappa shape index (κ1) is 13.8. The number of benzene rings is 2. The van der Waals surface area contributed by atoms with Crippen molar-refractivity contribution in [3.8, 4) is 0 Å². The Bertz CT molecular complexity index is 733. The molecule has 0 bridgehead atoms. The van der Waals surface area contributed by atoms with Crippen LogP contribution in [0.15, 0.2) is 66.7 Å². The van der Waals surface area contributed by atoms with Crippen molar-refractivity contribution in [1.82, 2.24) is 0 Å². The van der Waals surface area contributed by atoms with Crippen molar-refractivity contribution in [1.29, 1.82) is 0 Å². The average Bonchev–Trinajstić information content (AvgIpc) is 2.77. The van der Waals surface area contributed by atoms with Crippen LogP contribution in [0, 0.1) is 5.92 Å². The van der Waals surface area contributed by atoms with Gasteiger partial charge in [0.05, 0.1) is 0 Å². The summed E-state index contributed by atoms with van der Waals surface area (Å²) >= 11 is 0. The Hall–Kier alpha value is -1.86. The molecule has 22 heavy (non-hydrogen) atoms. The van der Waals surface area contributed by atoms with E-state index in [1.807, 2.05) is 12.1 Å². The van der Waals surface area contributed by atoms with Crippen LogP contribution in [0.5, 0.6) is 0 Å². The van der Waals surface area contributed by atoms with Crippen LogP contribution < -0.4 is 0 Å². The van der Waals surface area contributed by atoms with Gasteiger partial charge in [-0.15, -0.1) is 0 Å². The van der Waals surface area contributed by atoms with Crippen LogP contribution in [0.4, 0.5) is 0 Å². The molecule has 0 saturated heterocycles. The van der Waals surface area contributed by atoms with Crippen LogP contribution in [-0.2, 0) is 17.4 Å². The van der Waals surface area contributed by atoms with Crippen molar-refractivity contribution in [3.05, 3.63) is 83.4 Å². The van der Waals surface area contributed by atoms with Crippen LogP contribution in [-0.4, -0.2) is 5.11 Å². The minimum absolute atomic E-state index is 0.264. The molecule has 0 heterocycles. The molecule has 2 aliphatic carbocycles. The average molecular weight is 290 g/mol. The van der Waals surface area contributed by atoms with Crippen molar-refractivity contribution in [2.24, 2.45) is 5.92 Å². The van der Waals surface area contributed by atoms with E-state index in [2.05, 4.69) is 56.0 Å². The Morgan fingerprint density at radius 1 is 1.05 bits per heavy atom. The molecule has 0 aliphatic heterocycles. The first-order valence-corrected chi connectivity index (χ1v) is 8.13. The molecular formula is C21H22O. The molecule has 112 valence electrons. The predicted molar refractivity (Wildman–Crippen MR) is 89.7 cm³/mol. The van der Waals surface area contributed by atoms with Gasteiger partial charge in [-0.3, -0.25) is 0 Å². The molecule has 1 fully saturated rings. The predicted octanol–water partition coefficient (Wildman–Crippen LogP) is 4.35. The molecule has 2 aromatic carbocycles. The Morgan fingerprint density at radius 3 is 2.50 bits per heavy atom. The highest BCUT2D eigenvalue weighted by atomic mass is 16.3. The van der Waals surface area contributed by atoms with E-state index in [1.165, 1.54) is 11.1 Å². The molecule has 0 unspecified atom stereocenters. The standard InChI is InChI=1S/C21H22O/c1-15-14-18-13-12-16-8-6-7-11-19(16)21(18,22)20(15,2)17-9-4-3-5-10-17/h3-11,18,22H,1,12-14H2,2H3/t18-,20-,21-/m0/s1. The molecule has 1 heteroatoms. The van der Waals surface area contributed by atoms with E-state index in [0.29, 0.717) is 0 Å². The lowest BCUT2D eigenvalue weighted by Crippen LogP contribution is -2.49. The van der Waals surface area contributed by atoms with Gasteiger partial charge in [0.1, 0.15) is 5.60 Å². The topological polar surface area (TPSA) is 20.2 Å². The number of rotatable bonds is 1. The maximum atomic E-state index is 11.9. The number of hydrogen-bond donors (Lipinski definition) is 1. The second-order valence-electron chi connectivity index (χ2n) is 6.96. The quantitative estimate of drug-likeness (QED) is 0.774. The van der Waals surface area contributed by atoms with E-state index in [9.17, 15) is 5.11 Å². The van der Waals surface area contributed by atoms with E-state index in [-0.39, 0.29) is 5.92 Å². The van der Waals surface area contributed by atoms with Gasteiger partial charge in [0.15, 0.2) is 0 Å². The lowest BCUT2D eigenvalue weighted by Gasteiger charge is -2.47. The van der Waals surface area contributed by atoms with Gasteiger partial charge in [-0.2, -0.15) is 0 Å². The van der Waals surface area contributed by atoms with E-state index in [4.69, 9.17) is 0 Å². The summed E-state index contributed by atoms with van der Waals surface area (Å²) in [5.41, 5.74) is 3.45. The summed E-state index contributed by atoms with van der Waals surface area (Å²) in [6, 6.07) is 18.8. The number of fused-ring (bicyclic) bond motifs is 3. The van der Waals surface area contributed by atoms with Gasteiger partial charge in [-0.1, -0.05) is 66.7 Å². The van der Waals surface area contributed by atoms with Crippen molar-refractivity contribution in [3.63, 3.8) is 0 Å². The largest absolute Gasteiger partial charge is 0.384 e. The molecule has 1 saturated carbocycles. The summed E-state index contributed by atoms with van der Waals surface area (Å²) in [6.45, 7) is 6.54. The Kier molecular flexibility index (Phi) is 2.86. The third-order valence-electron chi connectivity index (χ3n) is 6.09. The van der Waals surface area contributed by atoms with Crippen molar-refractivity contribution in [2.45, 2.75) is 37.2 Å². The van der Waals surface area contributed by atoms with Crippen LogP contribution in [0.3, 0.4) is 0 Å². The Balaban J connectivity index is 1.99. The molecule has 0 radical (unpaired) electrons. The molecule has 1 N–H and O–H groups in total. The molecule has 0 amide bonds. The fourth-order valence-corrected chi connectivity index (χ4v) is 4.76. The SMILES string of the molecule is C=C1C[C@@H]2CCc3ccccc3[C@]2(O)[C@]1(C)c1ccccc1. The molecule has 2 aliphatic rings. The molecule has 0 spiro atoms. The number of hydrogen-bond acceptors (Lipinski definition) is 1. The van der Waals surface area contributed by atoms with Gasteiger partial charge in [-0.25, -0.2) is 0 Å². The van der Waals surface area contributed by atoms with Crippen LogP contribution >= 0.6 is 0 Å². The van der Waals surface area contributed by atoms with Crippen LogP contribution in [0.25, 0.3) is 0 Å². The molecular weight excluding hydrogens is 268 g/mol. The Morgan fingerprint density at radius 2 is 1.73 bits per heavy atom. The maximum absolute atomic E-state index is 11.9. The lowest BCUT2D eigenvalue weighted by atomic mass is 9.60. The number of aliphatic hydroxyl groups is 1. The van der Waals surface area contributed by atoms with Crippen molar-refractivity contribution >= 4 is 0 Å². The minimum atomic E-state index is -0.847. The third kappa shape index (κ3) is 1.52. The normalized spacial score (nSPS) is 33.4. The zero-order valence-electron chi connectivity index (χ0n) is 13.0. The molecule has 2 aromatic rings. The van der Waals surface area contributed by atoms with Crippen molar-refractivity contribution in [2.75, 3.05) is 0 Å². The summed E-state index contributed by atoms with van der Waals surface area (Å²) in [5.74, 6) is 0.264. The second kappa shape index (κ2) is 4.57. The summed E-state index contributed by atoms with van der Waals surface area (Å²) in [5, 5.41) is 11.9. The van der Waals surface area contributed by atoms with Crippen LogP contribution in [0.2, 0.25) is 0 Å². The van der Waals surface area contributed by atoms with Gasteiger partial charge in [0, 0.05) is 5.41 Å². The monoisotopic (exact) mass is 290 g/mol. The summed E-state index contributed by atoms with van der Waals surface area (Å²) < 4.78 is 0. The second-order valence-corrected chi connectivity index (χ2v) is 6.96. The van der Waals surface area contributed by atoms with Gasteiger partial charge >= 0.3 is 0 Å². The van der Waals surface area contributed by atoms with E-state index in [1.54, 1.807) is 0 Å². The number of aryl methyl sites for hydroxylation is 1. The van der Waals surface area contributed by atoms with Gasteiger partial charge < -0.3 is 5.11 Å². The lowest BCUT2D eigenvalue weighted by molar-refractivity contribution is -0.0584. The Labute approximate surface area is 132 Å². The zero-order chi connectivity index (χ0) is 15.4. The summed E-state index contributed by atoms with van der Waals surface area (Å²) in [6.07, 6.45) is 3.01.